The Morgan fingerprint density at radius 2 is 1.58 bits per heavy atom. The number of aromatic nitrogens is 2. The largest absolute Gasteiger partial charge is 0.494 e. The maximum atomic E-state index is 13.7. The van der Waals surface area contributed by atoms with Crippen molar-refractivity contribution >= 4 is 22.4 Å². The second-order valence-electron chi connectivity index (χ2n) is 6.15. The van der Waals surface area contributed by atoms with Crippen molar-refractivity contribution in [2.75, 3.05) is 43.1 Å². The minimum atomic E-state index is -0.321. The molecule has 0 atom stereocenters. The van der Waals surface area contributed by atoms with Crippen molar-refractivity contribution in [3.05, 3.63) is 54.4 Å². The first kappa shape index (κ1) is 16.5. The molecule has 4 rings (SSSR count). The molecule has 1 aliphatic rings. The molecule has 1 fully saturated rings. The van der Waals surface area contributed by atoms with Gasteiger partial charge in [0, 0.05) is 37.6 Å². The van der Waals surface area contributed by atoms with Crippen LogP contribution in [0.2, 0.25) is 0 Å². The Labute approximate surface area is 149 Å². The van der Waals surface area contributed by atoms with Gasteiger partial charge in [-0.1, -0.05) is 0 Å². The van der Waals surface area contributed by atoms with Gasteiger partial charge in [0.05, 0.1) is 18.3 Å². The van der Waals surface area contributed by atoms with Gasteiger partial charge in [0.2, 0.25) is 0 Å². The van der Waals surface area contributed by atoms with Crippen LogP contribution in [0.1, 0.15) is 0 Å². The van der Waals surface area contributed by atoms with E-state index in [2.05, 4.69) is 19.8 Å². The molecule has 1 aliphatic heterocycles. The lowest BCUT2D eigenvalue weighted by Gasteiger charge is -2.37. The number of anilines is 2. The molecule has 0 saturated carbocycles. The third kappa shape index (κ3) is 3.00. The van der Waals surface area contributed by atoms with Crippen molar-refractivity contribution in [1.82, 2.24) is 9.97 Å². The van der Waals surface area contributed by atoms with Gasteiger partial charge >= 0.3 is 0 Å². The highest BCUT2D eigenvalue weighted by Gasteiger charge is 2.22. The van der Waals surface area contributed by atoms with E-state index in [1.165, 1.54) is 37.7 Å². The van der Waals surface area contributed by atoms with Crippen LogP contribution in [-0.2, 0) is 0 Å². The molecule has 5 nitrogen and oxygen atoms in total. The number of ether oxygens (including phenoxy) is 1. The summed E-state index contributed by atoms with van der Waals surface area (Å²) in [5.41, 5.74) is 1.59. The van der Waals surface area contributed by atoms with Crippen molar-refractivity contribution in [2.45, 2.75) is 0 Å². The number of nitrogens with zero attached hydrogens (tertiary/aromatic N) is 4. The lowest BCUT2D eigenvalue weighted by molar-refractivity contribution is 0.410. The minimum Gasteiger partial charge on any atom is -0.494 e. The van der Waals surface area contributed by atoms with Gasteiger partial charge in [-0.3, -0.25) is 0 Å². The highest BCUT2D eigenvalue weighted by molar-refractivity contribution is 5.89. The first-order valence-electron chi connectivity index (χ1n) is 8.39. The molecule has 0 unspecified atom stereocenters. The molecule has 0 amide bonds. The maximum absolute atomic E-state index is 13.7. The van der Waals surface area contributed by atoms with Crippen molar-refractivity contribution < 1.29 is 13.5 Å². The summed E-state index contributed by atoms with van der Waals surface area (Å²) >= 11 is 0. The smallest absolute Gasteiger partial charge is 0.145 e. The molecule has 2 heterocycles. The molecule has 0 aliphatic carbocycles. The first-order valence-corrected chi connectivity index (χ1v) is 8.39. The Hall–Kier alpha value is -2.96. The molecule has 0 radical (unpaired) electrons. The fraction of sp³-hybridized carbons (Fsp3) is 0.263. The van der Waals surface area contributed by atoms with Gasteiger partial charge in [-0.2, -0.15) is 0 Å². The van der Waals surface area contributed by atoms with E-state index in [-0.39, 0.29) is 11.6 Å². The highest BCUT2D eigenvalue weighted by Crippen LogP contribution is 2.31. The molecule has 7 heteroatoms. The molecule has 2 aromatic carbocycles. The Balaban J connectivity index is 1.57. The van der Waals surface area contributed by atoms with E-state index in [9.17, 15) is 8.78 Å². The van der Waals surface area contributed by atoms with Crippen LogP contribution in [0.25, 0.3) is 10.9 Å². The molecular formula is C19H18F2N4O. The van der Waals surface area contributed by atoms with E-state index >= 15 is 0 Å². The Bertz CT molecular complexity index is 942. The van der Waals surface area contributed by atoms with E-state index in [1.54, 1.807) is 12.1 Å². The zero-order valence-corrected chi connectivity index (χ0v) is 14.3. The number of hydrogen-bond donors (Lipinski definition) is 0. The van der Waals surface area contributed by atoms with Crippen LogP contribution in [0.15, 0.2) is 42.7 Å². The Morgan fingerprint density at radius 3 is 2.35 bits per heavy atom. The van der Waals surface area contributed by atoms with Crippen LogP contribution in [0, 0.1) is 11.6 Å². The Morgan fingerprint density at radius 1 is 0.885 bits per heavy atom. The average Bonchev–Trinajstić information content (AvgIpc) is 2.67. The average molecular weight is 356 g/mol. The van der Waals surface area contributed by atoms with Crippen LogP contribution in [0.3, 0.4) is 0 Å². The summed E-state index contributed by atoms with van der Waals surface area (Å²) in [4.78, 5) is 12.8. The molecule has 26 heavy (non-hydrogen) atoms. The quantitative estimate of drug-likeness (QED) is 0.721. The molecule has 3 aromatic rings. The molecule has 0 N–H and O–H groups in total. The summed E-state index contributed by atoms with van der Waals surface area (Å²) in [5, 5.41) is 0.709. The third-order valence-corrected chi connectivity index (χ3v) is 4.64. The summed E-state index contributed by atoms with van der Waals surface area (Å²) in [6.07, 6.45) is 1.50. The van der Waals surface area contributed by atoms with E-state index in [0.29, 0.717) is 24.2 Å². The van der Waals surface area contributed by atoms with Gasteiger partial charge in [-0.25, -0.2) is 18.7 Å². The molecular weight excluding hydrogens is 338 g/mol. The van der Waals surface area contributed by atoms with Crippen molar-refractivity contribution in [1.29, 1.82) is 0 Å². The monoisotopic (exact) mass is 356 g/mol. The number of methoxy groups -OCH3 is 1. The normalized spacial score (nSPS) is 14.7. The second kappa shape index (κ2) is 6.74. The Kier molecular flexibility index (Phi) is 4.28. The van der Waals surface area contributed by atoms with Gasteiger partial charge in [0.1, 0.15) is 29.5 Å². The van der Waals surface area contributed by atoms with Crippen molar-refractivity contribution in [3.8, 4) is 5.75 Å². The number of piperazine rings is 1. The second-order valence-corrected chi connectivity index (χ2v) is 6.15. The van der Waals surface area contributed by atoms with Gasteiger partial charge in [-0.15, -0.1) is 0 Å². The lowest BCUT2D eigenvalue weighted by Crippen LogP contribution is -2.47. The fourth-order valence-electron chi connectivity index (χ4n) is 3.34. The van der Waals surface area contributed by atoms with Gasteiger partial charge < -0.3 is 14.5 Å². The molecule has 0 spiro atoms. The van der Waals surface area contributed by atoms with Gasteiger partial charge in [0.25, 0.3) is 0 Å². The van der Waals surface area contributed by atoms with E-state index in [0.717, 1.165) is 30.1 Å². The number of benzene rings is 2. The summed E-state index contributed by atoms with van der Waals surface area (Å²) in [6, 6.07) is 9.10. The van der Waals surface area contributed by atoms with Crippen LogP contribution in [0.5, 0.6) is 5.75 Å². The predicted molar refractivity (Wildman–Crippen MR) is 96.9 cm³/mol. The number of halogens is 2. The van der Waals surface area contributed by atoms with Crippen LogP contribution in [-0.4, -0.2) is 43.3 Å². The summed E-state index contributed by atoms with van der Waals surface area (Å²) < 4.78 is 32.4. The van der Waals surface area contributed by atoms with Gasteiger partial charge in [0.15, 0.2) is 0 Å². The van der Waals surface area contributed by atoms with Gasteiger partial charge in [-0.05, 0) is 30.3 Å². The minimum absolute atomic E-state index is 0.303. The van der Waals surface area contributed by atoms with Crippen LogP contribution >= 0.6 is 0 Å². The zero-order chi connectivity index (χ0) is 18.1. The summed E-state index contributed by atoms with van der Waals surface area (Å²) in [6.45, 7) is 2.87. The van der Waals surface area contributed by atoms with Crippen LogP contribution in [0.4, 0.5) is 20.3 Å². The topological polar surface area (TPSA) is 41.5 Å². The van der Waals surface area contributed by atoms with E-state index in [1.807, 2.05) is 0 Å². The number of rotatable bonds is 3. The van der Waals surface area contributed by atoms with E-state index < -0.39 is 0 Å². The SMILES string of the molecule is COc1cc(F)ccc1N1CCN(c2ncnc3ccc(F)cc23)CC1. The lowest BCUT2D eigenvalue weighted by atomic mass is 10.2. The first-order chi connectivity index (χ1) is 12.7. The molecule has 1 saturated heterocycles. The molecule has 1 aromatic heterocycles. The van der Waals surface area contributed by atoms with E-state index in [4.69, 9.17) is 4.74 Å². The standard InChI is InChI=1S/C19H18F2N4O/c1-26-18-11-14(21)3-5-17(18)24-6-8-25(9-7-24)19-15-10-13(20)2-4-16(15)22-12-23-19/h2-5,10-12H,6-9H2,1H3. The molecule has 134 valence electrons. The third-order valence-electron chi connectivity index (χ3n) is 4.64. The fourth-order valence-corrected chi connectivity index (χ4v) is 3.34. The maximum Gasteiger partial charge on any atom is 0.145 e. The summed E-state index contributed by atoms with van der Waals surface area (Å²) in [5.74, 6) is 0.634. The van der Waals surface area contributed by atoms with Crippen molar-refractivity contribution in [3.63, 3.8) is 0 Å². The van der Waals surface area contributed by atoms with Crippen LogP contribution < -0.4 is 14.5 Å². The number of hydrogen-bond acceptors (Lipinski definition) is 5. The number of fused-ring (bicyclic) bond motifs is 1. The molecule has 0 bridgehead atoms. The highest BCUT2D eigenvalue weighted by atomic mass is 19.1. The zero-order valence-electron chi connectivity index (χ0n) is 14.3. The summed E-state index contributed by atoms with van der Waals surface area (Å²) in [7, 11) is 1.54. The van der Waals surface area contributed by atoms with Crippen molar-refractivity contribution in [2.24, 2.45) is 0 Å². The predicted octanol–water partition coefficient (Wildman–Crippen LogP) is 3.24.